The second-order valence-corrected chi connectivity index (χ2v) is 4.38. The van der Waals surface area contributed by atoms with Crippen LogP contribution < -0.4 is 4.90 Å². The van der Waals surface area contributed by atoms with E-state index in [2.05, 4.69) is 9.88 Å². The minimum absolute atomic E-state index is 0.228. The highest BCUT2D eigenvalue weighted by atomic mass is 16.4. The van der Waals surface area contributed by atoms with E-state index in [4.69, 9.17) is 5.11 Å². The third kappa shape index (κ3) is 2.15. The fourth-order valence-electron chi connectivity index (χ4n) is 2.19. The third-order valence-electron chi connectivity index (χ3n) is 2.97. The number of aliphatic carboxylic acids is 1. The third-order valence-corrected chi connectivity index (χ3v) is 2.97. The zero-order chi connectivity index (χ0) is 11.7. The Labute approximate surface area is 94.9 Å². The van der Waals surface area contributed by atoms with E-state index in [9.17, 15) is 4.79 Å². The number of carboxylic acid groups (broad SMARTS) is 1. The van der Waals surface area contributed by atoms with Crippen LogP contribution in [0, 0.1) is 19.8 Å². The Hall–Kier alpha value is -1.58. The van der Waals surface area contributed by atoms with Crippen LogP contribution in [0.3, 0.4) is 0 Å². The maximum absolute atomic E-state index is 10.9. The second-order valence-electron chi connectivity index (χ2n) is 4.38. The standard InChI is InChI=1S/C12H16N2O2/c1-8-5-11(6-9(2)13-8)14-4-3-10(7-14)12(15)16/h5-6,10H,3-4,7H2,1-2H3,(H,15,16). The normalized spacial score (nSPS) is 20.1. The van der Waals surface area contributed by atoms with Gasteiger partial charge in [0.05, 0.1) is 5.92 Å². The molecule has 2 heterocycles. The average molecular weight is 220 g/mol. The first-order valence-corrected chi connectivity index (χ1v) is 5.49. The molecular weight excluding hydrogens is 204 g/mol. The number of aryl methyl sites for hydroxylation is 2. The van der Waals surface area contributed by atoms with Gasteiger partial charge in [-0.2, -0.15) is 0 Å². The lowest BCUT2D eigenvalue weighted by molar-refractivity contribution is -0.140. The number of hydrogen-bond donors (Lipinski definition) is 1. The van der Waals surface area contributed by atoms with E-state index in [1.807, 2.05) is 26.0 Å². The maximum Gasteiger partial charge on any atom is 0.308 e. The second kappa shape index (κ2) is 4.12. The van der Waals surface area contributed by atoms with Crippen LogP contribution in [0.15, 0.2) is 12.1 Å². The van der Waals surface area contributed by atoms with E-state index in [-0.39, 0.29) is 5.92 Å². The Balaban J connectivity index is 2.17. The summed E-state index contributed by atoms with van der Waals surface area (Å²) in [5.74, 6) is -0.918. The molecule has 0 saturated carbocycles. The Bertz CT molecular complexity index is 397. The van der Waals surface area contributed by atoms with Gasteiger partial charge in [0.2, 0.25) is 0 Å². The predicted molar refractivity (Wildman–Crippen MR) is 61.7 cm³/mol. The highest BCUT2D eigenvalue weighted by molar-refractivity contribution is 5.72. The van der Waals surface area contributed by atoms with Crippen LogP contribution in [0.2, 0.25) is 0 Å². The first-order chi connectivity index (χ1) is 7.56. The van der Waals surface area contributed by atoms with Crippen LogP contribution in [0.1, 0.15) is 17.8 Å². The van der Waals surface area contributed by atoms with Crippen LogP contribution >= 0.6 is 0 Å². The van der Waals surface area contributed by atoms with Crippen LogP contribution in [0.25, 0.3) is 0 Å². The molecule has 4 nitrogen and oxygen atoms in total. The lowest BCUT2D eigenvalue weighted by Crippen LogP contribution is -2.22. The van der Waals surface area contributed by atoms with Crippen molar-refractivity contribution >= 4 is 11.7 Å². The molecule has 1 unspecified atom stereocenters. The van der Waals surface area contributed by atoms with Crippen molar-refractivity contribution in [2.24, 2.45) is 5.92 Å². The Morgan fingerprint density at radius 3 is 2.56 bits per heavy atom. The molecule has 1 aliphatic heterocycles. The number of carbonyl (C=O) groups is 1. The summed E-state index contributed by atoms with van der Waals surface area (Å²) in [5.41, 5.74) is 3.05. The Morgan fingerprint density at radius 2 is 2.06 bits per heavy atom. The van der Waals surface area contributed by atoms with Gasteiger partial charge in [0.15, 0.2) is 0 Å². The quantitative estimate of drug-likeness (QED) is 0.822. The van der Waals surface area contributed by atoms with E-state index in [0.717, 1.165) is 30.0 Å². The summed E-state index contributed by atoms with van der Waals surface area (Å²) in [7, 11) is 0. The van der Waals surface area contributed by atoms with Gasteiger partial charge in [0.25, 0.3) is 0 Å². The molecule has 2 rings (SSSR count). The SMILES string of the molecule is Cc1cc(N2CCC(C(=O)O)C2)cc(C)n1. The van der Waals surface area contributed by atoms with Crippen molar-refractivity contribution < 1.29 is 9.90 Å². The number of aromatic nitrogens is 1. The molecule has 1 fully saturated rings. The summed E-state index contributed by atoms with van der Waals surface area (Å²) < 4.78 is 0. The van der Waals surface area contributed by atoms with Crippen molar-refractivity contribution in [1.29, 1.82) is 0 Å². The Kier molecular flexibility index (Phi) is 2.81. The summed E-state index contributed by atoms with van der Waals surface area (Å²) in [4.78, 5) is 17.3. The molecule has 1 aromatic rings. The largest absolute Gasteiger partial charge is 0.481 e. The molecule has 1 aromatic heterocycles. The molecule has 0 bridgehead atoms. The van der Waals surface area contributed by atoms with Crippen molar-refractivity contribution in [1.82, 2.24) is 4.98 Å². The van der Waals surface area contributed by atoms with E-state index in [1.54, 1.807) is 0 Å². The maximum atomic E-state index is 10.9. The summed E-state index contributed by atoms with van der Waals surface area (Å²) in [6.45, 7) is 5.35. The molecule has 1 N–H and O–H groups in total. The van der Waals surface area contributed by atoms with Gasteiger partial charge in [-0.3, -0.25) is 9.78 Å². The molecule has 1 saturated heterocycles. The molecule has 86 valence electrons. The lowest BCUT2D eigenvalue weighted by Gasteiger charge is -2.18. The van der Waals surface area contributed by atoms with Gasteiger partial charge < -0.3 is 10.0 Å². The smallest absolute Gasteiger partial charge is 0.308 e. The van der Waals surface area contributed by atoms with E-state index in [0.29, 0.717) is 6.54 Å². The van der Waals surface area contributed by atoms with Gasteiger partial charge in [-0.15, -0.1) is 0 Å². The molecular formula is C12H16N2O2. The van der Waals surface area contributed by atoms with E-state index in [1.165, 1.54) is 0 Å². The molecule has 16 heavy (non-hydrogen) atoms. The fourth-order valence-corrected chi connectivity index (χ4v) is 2.19. The van der Waals surface area contributed by atoms with Crippen molar-refractivity contribution in [3.63, 3.8) is 0 Å². The van der Waals surface area contributed by atoms with Gasteiger partial charge in [-0.1, -0.05) is 0 Å². The highest BCUT2D eigenvalue weighted by Gasteiger charge is 2.28. The average Bonchev–Trinajstić information content (AvgIpc) is 2.64. The lowest BCUT2D eigenvalue weighted by atomic mass is 10.1. The molecule has 1 atom stereocenters. The van der Waals surface area contributed by atoms with Crippen LogP contribution in [-0.4, -0.2) is 29.1 Å². The summed E-state index contributed by atoms with van der Waals surface area (Å²) in [6.07, 6.45) is 0.732. The van der Waals surface area contributed by atoms with Crippen LogP contribution in [-0.2, 0) is 4.79 Å². The fraction of sp³-hybridized carbons (Fsp3) is 0.500. The van der Waals surface area contributed by atoms with Crippen LogP contribution in [0.4, 0.5) is 5.69 Å². The molecule has 1 aliphatic rings. The Morgan fingerprint density at radius 1 is 1.44 bits per heavy atom. The molecule has 0 spiro atoms. The highest BCUT2D eigenvalue weighted by Crippen LogP contribution is 2.24. The van der Waals surface area contributed by atoms with Gasteiger partial charge >= 0.3 is 5.97 Å². The summed E-state index contributed by atoms with van der Waals surface area (Å²) in [5, 5.41) is 8.95. The molecule has 4 heteroatoms. The van der Waals surface area contributed by atoms with Gasteiger partial charge in [0.1, 0.15) is 0 Å². The van der Waals surface area contributed by atoms with Crippen molar-refractivity contribution in [3.8, 4) is 0 Å². The summed E-state index contributed by atoms with van der Waals surface area (Å²) >= 11 is 0. The monoisotopic (exact) mass is 220 g/mol. The van der Waals surface area contributed by atoms with Gasteiger partial charge in [-0.05, 0) is 32.4 Å². The summed E-state index contributed by atoms with van der Waals surface area (Å²) in [6, 6.07) is 4.02. The number of pyridine rings is 1. The van der Waals surface area contributed by atoms with E-state index >= 15 is 0 Å². The van der Waals surface area contributed by atoms with Crippen molar-refractivity contribution in [3.05, 3.63) is 23.5 Å². The predicted octanol–water partition coefficient (Wildman–Crippen LogP) is 1.61. The number of carboxylic acids is 1. The van der Waals surface area contributed by atoms with Crippen LogP contribution in [0.5, 0.6) is 0 Å². The topological polar surface area (TPSA) is 53.4 Å². The first kappa shape index (κ1) is 10.9. The molecule has 0 amide bonds. The van der Waals surface area contributed by atoms with Gasteiger partial charge in [0, 0.05) is 30.2 Å². The minimum Gasteiger partial charge on any atom is -0.481 e. The van der Waals surface area contributed by atoms with Crippen molar-refractivity contribution in [2.45, 2.75) is 20.3 Å². The van der Waals surface area contributed by atoms with Gasteiger partial charge in [-0.25, -0.2) is 0 Å². The number of hydrogen-bond acceptors (Lipinski definition) is 3. The molecule has 0 radical (unpaired) electrons. The number of nitrogens with zero attached hydrogens (tertiary/aromatic N) is 2. The minimum atomic E-state index is -0.690. The first-order valence-electron chi connectivity index (χ1n) is 5.49. The van der Waals surface area contributed by atoms with Crippen molar-refractivity contribution in [2.75, 3.05) is 18.0 Å². The number of anilines is 1. The zero-order valence-electron chi connectivity index (χ0n) is 9.60. The van der Waals surface area contributed by atoms with E-state index < -0.39 is 5.97 Å². The number of rotatable bonds is 2. The molecule has 0 aliphatic carbocycles. The zero-order valence-corrected chi connectivity index (χ0v) is 9.60. The molecule has 0 aromatic carbocycles.